The molecule has 35 heavy (non-hydrogen) atoms. The van der Waals surface area contributed by atoms with E-state index in [0.717, 1.165) is 35.5 Å². The maximum absolute atomic E-state index is 13.5. The van der Waals surface area contributed by atoms with Crippen molar-refractivity contribution in [1.29, 1.82) is 0 Å². The van der Waals surface area contributed by atoms with E-state index in [0.29, 0.717) is 31.7 Å². The van der Waals surface area contributed by atoms with E-state index in [-0.39, 0.29) is 17.6 Å². The summed E-state index contributed by atoms with van der Waals surface area (Å²) in [6.07, 6.45) is 3.60. The summed E-state index contributed by atoms with van der Waals surface area (Å²) in [4.78, 5) is 28.9. The Bertz CT molecular complexity index is 1420. The van der Waals surface area contributed by atoms with Crippen LogP contribution in [0.25, 0.3) is 0 Å². The minimum atomic E-state index is -0.545. The molecule has 1 N–H and O–H groups in total. The Morgan fingerprint density at radius 1 is 1.03 bits per heavy atom. The maximum atomic E-state index is 13.5. The molecule has 3 aromatic rings. The van der Waals surface area contributed by atoms with Gasteiger partial charge in [-0.1, -0.05) is 30.3 Å². The van der Waals surface area contributed by atoms with Gasteiger partial charge in [0.1, 0.15) is 18.5 Å². The number of aromatic nitrogens is 1. The lowest BCUT2D eigenvalue weighted by atomic mass is 9.93. The minimum absolute atomic E-state index is 0.0301. The number of carbonyl (C=O) groups is 1. The first-order valence-electron chi connectivity index (χ1n) is 12.1. The van der Waals surface area contributed by atoms with Crippen molar-refractivity contribution >= 4 is 17.7 Å². The molecular formula is C27H25N3O4S. The molecule has 2 aromatic carbocycles. The lowest BCUT2D eigenvalue weighted by molar-refractivity contribution is 0.0671. The van der Waals surface area contributed by atoms with Crippen LogP contribution in [0.15, 0.2) is 64.4 Å². The molecule has 0 saturated heterocycles. The summed E-state index contributed by atoms with van der Waals surface area (Å²) in [5.74, 6) is 1.90. The first kappa shape index (κ1) is 20.9. The van der Waals surface area contributed by atoms with Crippen LogP contribution in [0.1, 0.15) is 46.1 Å². The Morgan fingerprint density at radius 3 is 2.83 bits per heavy atom. The van der Waals surface area contributed by atoms with E-state index in [4.69, 9.17) is 4.74 Å². The van der Waals surface area contributed by atoms with Crippen molar-refractivity contribution < 1.29 is 14.6 Å². The number of pyridine rings is 1. The molecule has 8 heteroatoms. The number of aromatic hydroxyl groups is 1. The van der Waals surface area contributed by atoms with E-state index in [1.807, 2.05) is 18.2 Å². The average Bonchev–Trinajstić information content (AvgIpc) is 3.65. The zero-order valence-corrected chi connectivity index (χ0v) is 19.9. The molecule has 4 aliphatic rings. The van der Waals surface area contributed by atoms with Crippen LogP contribution in [0, 0.1) is 11.8 Å². The van der Waals surface area contributed by atoms with Crippen LogP contribution in [-0.4, -0.2) is 40.4 Å². The molecule has 1 aromatic heterocycles. The van der Waals surface area contributed by atoms with E-state index >= 15 is 0 Å². The third kappa shape index (κ3) is 3.26. The predicted octanol–water partition coefficient (Wildman–Crippen LogP) is 3.72. The van der Waals surface area contributed by atoms with Gasteiger partial charge in [-0.3, -0.25) is 19.3 Å². The molecule has 4 heterocycles. The molecule has 1 saturated carbocycles. The van der Waals surface area contributed by atoms with Crippen LogP contribution in [-0.2, 0) is 5.75 Å². The fourth-order valence-corrected chi connectivity index (χ4v) is 6.85. The molecule has 3 aliphatic heterocycles. The number of hydrogen-bond acceptors (Lipinski definition) is 6. The summed E-state index contributed by atoms with van der Waals surface area (Å²) in [5, 5.41) is 12.9. The predicted molar refractivity (Wildman–Crippen MR) is 132 cm³/mol. The molecule has 0 spiro atoms. The van der Waals surface area contributed by atoms with Gasteiger partial charge in [0, 0.05) is 35.0 Å². The average molecular weight is 488 g/mol. The molecule has 1 aliphatic carbocycles. The normalized spacial score (nSPS) is 24.5. The summed E-state index contributed by atoms with van der Waals surface area (Å²) in [5.41, 5.74) is 2.88. The van der Waals surface area contributed by atoms with E-state index < -0.39 is 11.2 Å². The number of amides is 1. The van der Waals surface area contributed by atoms with Crippen molar-refractivity contribution in [2.24, 2.45) is 11.8 Å². The van der Waals surface area contributed by atoms with Crippen molar-refractivity contribution in [3.05, 3.63) is 87.3 Å². The van der Waals surface area contributed by atoms with E-state index in [9.17, 15) is 14.7 Å². The third-order valence-electron chi connectivity index (χ3n) is 7.75. The van der Waals surface area contributed by atoms with Crippen LogP contribution in [0.4, 0.5) is 0 Å². The topological polar surface area (TPSA) is 75.0 Å². The maximum Gasteiger partial charge on any atom is 0.277 e. The molecule has 7 rings (SSSR count). The second-order valence-corrected chi connectivity index (χ2v) is 10.8. The third-order valence-corrected chi connectivity index (χ3v) is 8.89. The van der Waals surface area contributed by atoms with Gasteiger partial charge >= 0.3 is 0 Å². The highest BCUT2D eigenvalue weighted by atomic mass is 32.2. The Balaban J connectivity index is 1.51. The van der Waals surface area contributed by atoms with Gasteiger partial charge in [0.2, 0.25) is 5.43 Å². The molecule has 178 valence electrons. The summed E-state index contributed by atoms with van der Waals surface area (Å²) in [6.45, 7) is 1.61. The van der Waals surface area contributed by atoms with E-state index in [2.05, 4.69) is 29.3 Å². The first-order chi connectivity index (χ1) is 17.1. The number of rotatable bonds is 0. The quantitative estimate of drug-likeness (QED) is 0.521. The largest absolute Gasteiger partial charge is 0.502 e. The number of nitrogens with zero attached hydrogens (tertiary/aromatic N) is 3. The summed E-state index contributed by atoms with van der Waals surface area (Å²) >= 11 is 1.80. The molecule has 3 atom stereocenters. The summed E-state index contributed by atoms with van der Waals surface area (Å²) < 4.78 is 8.18. The Morgan fingerprint density at radius 2 is 1.91 bits per heavy atom. The zero-order valence-electron chi connectivity index (χ0n) is 19.1. The fourth-order valence-electron chi connectivity index (χ4n) is 5.76. The van der Waals surface area contributed by atoms with Gasteiger partial charge in [-0.25, -0.2) is 0 Å². The number of hydrogen-bond donors (Lipinski definition) is 1. The first-order valence-corrected chi connectivity index (χ1v) is 13.1. The van der Waals surface area contributed by atoms with Crippen LogP contribution in [0.2, 0.25) is 0 Å². The zero-order chi connectivity index (χ0) is 23.7. The van der Waals surface area contributed by atoms with Gasteiger partial charge < -0.3 is 14.7 Å². The van der Waals surface area contributed by atoms with Gasteiger partial charge in [-0.05, 0) is 47.9 Å². The van der Waals surface area contributed by atoms with Crippen LogP contribution < -0.4 is 15.2 Å². The Labute approximate surface area is 206 Å². The standard InChI is InChI=1S/C27H25N3O4S/c31-20-9-11-29-25(26(20)32)27(33)28-10-8-16-12-18(16)13-34-21-6-3-4-17-14-35-22-7-2-1-5-19(22)24(23(17)21)30(29)15-28/h1-7,9,11,16,18,24,32H,8,10,12-15H2/t16-,18-,24-/m1/s1. The fraction of sp³-hybridized carbons (Fsp3) is 0.333. The lowest BCUT2D eigenvalue weighted by Crippen LogP contribution is -2.55. The monoisotopic (exact) mass is 487 g/mol. The highest BCUT2D eigenvalue weighted by Gasteiger charge is 2.43. The molecular weight excluding hydrogens is 462 g/mol. The molecule has 0 unspecified atom stereocenters. The summed E-state index contributed by atoms with van der Waals surface area (Å²) in [7, 11) is 0. The Kier molecular flexibility index (Phi) is 4.67. The van der Waals surface area contributed by atoms with Crippen LogP contribution in [0.5, 0.6) is 11.5 Å². The van der Waals surface area contributed by atoms with Crippen LogP contribution in [0.3, 0.4) is 0 Å². The Hall–Kier alpha value is -3.39. The van der Waals surface area contributed by atoms with Crippen molar-refractivity contribution in [3.63, 3.8) is 0 Å². The molecule has 1 amide bonds. The van der Waals surface area contributed by atoms with Crippen LogP contribution >= 0.6 is 11.8 Å². The second-order valence-electron chi connectivity index (χ2n) is 9.78. The van der Waals surface area contributed by atoms with Crippen molar-refractivity contribution in [1.82, 2.24) is 9.58 Å². The minimum Gasteiger partial charge on any atom is -0.502 e. The second kappa shape index (κ2) is 7.81. The number of thioether (sulfide) groups is 1. The SMILES string of the molecule is O=C1c2c(O)c(=O)ccn2N2CN1CC[C@@H]1C[C@@H]1COc1cccc3c1[C@H]2c1ccccc1SC3. The van der Waals surface area contributed by atoms with Crippen molar-refractivity contribution in [2.75, 3.05) is 24.8 Å². The van der Waals surface area contributed by atoms with Crippen molar-refractivity contribution in [2.45, 2.75) is 29.5 Å². The molecule has 7 nitrogen and oxygen atoms in total. The number of benzene rings is 2. The highest BCUT2D eigenvalue weighted by Crippen LogP contribution is 2.48. The molecule has 1 fully saturated rings. The number of carbonyl (C=O) groups excluding carboxylic acids is 1. The number of fused-ring (bicyclic) bond motifs is 8. The van der Waals surface area contributed by atoms with E-state index in [1.54, 1.807) is 27.5 Å². The van der Waals surface area contributed by atoms with Gasteiger partial charge in [-0.15, -0.1) is 11.8 Å². The number of ether oxygens (including phenoxy) is 1. The van der Waals surface area contributed by atoms with Crippen molar-refractivity contribution in [3.8, 4) is 11.5 Å². The molecule has 0 radical (unpaired) electrons. The smallest absolute Gasteiger partial charge is 0.277 e. The van der Waals surface area contributed by atoms with Gasteiger partial charge in [0.15, 0.2) is 11.4 Å². The van der Waals surface area contributed by atoms with E-state index in [1.165, 1.54) is 16.5 Å². The van der Waals surface area contributed by atoms with Gasteiger partial charge in [0.25, 0.3) is 5.91 Å². The summed E-state index contributed by atoms with van der Waals surface area (Å²) in [6, 6.07) is 15.7. The molecule has 2 bridgehead atoms. The lowest BCUT2D eigenvalue weighted by Gasteiger charge is -2.44. The van der Waals surface area contributed by atoms with Gasteiger partial charge in [0.05, 0.1) is 6.61 Å². The van der Waals surface area contributed by atoms with Gasteiger partial charge in [-0.2, -0.15) is 0 Å². The highest BCUT2D eigenvalue weighted by molar-refractivity contribution is 7.98.